The fourth-order valence-corrected chi connectivity index (χ4v) is 3.03. The molecule has 3 rings (SSSR count). The summed E-state index contributed by atoms with van der Waals surface area (Å²) in [5.74, 6) is 0.0577. The first-order valence-electron chi connectivity index (χ1n) is 8.89. The zero-order valence-corrected chi connectivity index (χ0v) is 15.1. The highest BCUT2D eigenvalue weighted by atomic mass is 19.1. The van der Waals surface area contributed by atoms with Crippen molar-refractivity contribution in [3.8, 4) is 11.3 Å². The predicted octanol–water partition coefficient (Wildman–Crippen LogP) is 1.50. The highest BCUT2D eigenvalue weighted by molar-refractivity contribution is 5.83. The smallest absolute Gasteiger partial charge is 0.239 e. The Kier molecular flexibility index (Phi) is 5.95. The van der Waals surface area contributed by atoms with Gasteiger partial charge in [0.05, 0.1) is 12.2 Å². The Bertz CT molecular complexity index is 804. The molecule has 7 nitrogen and oxygen atoms in total. The number of carbonyl (C=O) groups excluding carboxylic acids is 2. The number of hydrogen-bond donors (Lipinski definition) is 2. The number of nitrogens with one attached hydrogen (secondary N) is 2. The summed E-state index contributed by atoms with van der Waals surface area (Å²) >= 11 is 0. The fraction of sp³-hybridized carbons (Fsp3) is 0.368. The van der Waals surface area contributed by atoms with Gasteiger partial charge in [-0.3, -0.25) is 9.59 Å². The molecule has 1 aromatic heterocycles. The topological polar surface area (TPSA) is 87.2 Å². The Balaban J connectivity index is 1.52. The number of nitrogens with zero attached hydrogens (tertiary/aromatic N) is 3. The standard InChI is InChI=1S/C19H22FN5O2/c1-13(26)21-12-19(27)22-16-7-9-25(10-8-16)18-6-5-17(23-24-18)14-3-2-4-15(20)11-14/h2-6,11,16H,7-10,12H2,1H3,(H,21,26)(H,22,27). The molecule has 0 spiro atoms. The van der Waals surface area contributed by atoms with Gasteiger partial charge in [-0.1, -0.05) is 12.1 Å². The van der Waals surface area contributed by atoms with E-state index < -0.39 is 0 Å². The molecule has 142 valence electrons. The molecule has 1 aliphatic heterocycles. The first-order chi connectivity index (χ1) is 13.0. The minimum Gasteiger partial charge on any atom is -0.355 e. The van der Waals surface area contributed by atoms with Gasteiger partial charge in [-0.15, -0.1) is 10.2 Å². The van der Waals surface area contributed by atoms with Crippen molar-refractivity contribution in [3.05, 3.63) is 42.2 Å². The number of rotatable bonds is 5. The van der Waals surface area contributed by atoms with Gasteiger partial charge >= 0.3 is 0 Å². The Morgan fingerprint density at radius 1 is 1.19 bits per heavy atom. The molecule has 1 aliphatic rings. The normalized spacial score (nSPS) is 14.7. The molecule has 0 atom stereocenters. The SMILES string of the molecule is CC(=O)NCC(=O)NC1CCN(c2ccc(-c3cccc(F)c3)nn2)CC1. The lowest BCUT2D eigenvalue weighted by Gasteiger charge is -2.32. The molecule has 2 aromatic rings. The highest BCUT2D eigenvalue weighted by Crippen LogP contribution is 2.21. The van der Waals surface area contributed by atoms with Crippen molar-refractivity contribution in [1.29, 1.82) is 0 Å². The molecular formula is C19H22FN5O2. The summed E-state index contributed by atoms with van der Waals surface area (Å²) < 4.78 is 13.3. The van der Waals surface area contributed by atoms with Crippen molar-refractivity contribution < 1.29 is 14.0 Å². The molecule has 0 radical (unpaired) electrons. The van der Waals surface area contributed by atoms with Crippen LogP contribution in [0.5, 0.6) is 0 Å². The van der Waals surface area contributed by atoms with E-state index in [-0.39, 0.29) is 30.2 Å². The van der Waals surface area contributed by atoms with E-state index in [9.17, 15) is 14.0 Å². The molecule has 2 N–H and O–H groups in total. The highest BCUT2D eigenvalue weighted by Gasteiger charge is 2.21. The van der Waals surface area contributed by atoms with Gasteiger partial charge in [0.1, 0.15) is 5.82 Å². The van der Waals surface area contributed by atoms with E-state index in [1.54, 1.807) is 12.1 Å². The summed E-state index contributed by atoms with van der Waals surface area (Å²) in [6.07, 6.45) is 1.58. The molecule has 0 unspecified atom stereocenters. The number of amides is 2. The molecule has 1 saturated heterocycles. The van der Waals surface area contributed by atoms with Gasteiger partial charge in [0, 0.05) is 31.6 Å². The number of carbonyl (C=O) groups is 2. The van der Waals surface area contributed by atoms with Crippen LogP contribution in [0.4, 0.5) is 10.2 Å². The van der Waals surface area contributed by atoms with Crippen LogP contribution in [0.1, 0.15) is 19.8 Å². The van der Waals surface area contributed by atoms with Crippen LogP contribution in [0.2, 0.25) is 0 Å². The summed E-state index contributed by atoms with van der Waals surface area (Å²) in [5, 5.41) is 13.9. The van der Waals surface area contributed by atoms with Crippen LogP contribution in [-0.2, 0) is 9.59 Å². The van der Waals surface area contributed by atoms with Crippen molar-refractivity contribution in [3.63, 3.8) is 0 Å². The molecule has 0 aliphatic carbocycles. The molecule has 2 amide bonds. The fourth-order valence-electron chi connectivity index (χ4n) is 3.03. The van der Waals surface area contributed by atoms with Crippen LogP contribution in [-0.4, -0.2) is 47.7 Å². The average molecular weight is 371 g/mol. The van der Waals surface area contributed by atoms with E-state index in [1.807, 2.05) is 12.1 Å². The first-order valence-corrected chi connectivity index (χ1v) is 8.89. The van der Waals surface area contributed by atoms with Gasteiger partial charge in [-0.05, 0) is 37.1 Å². The van der Waals surface area contributed by atoms with E-state index >= 15 is 0 Å². The van der Waals surface area contributed by atoms with E-state index in [4.69, 9.17) is 0 Å². The summed E-state index contributed by atoms with van der Waals surface area (Å²) in [6.45, 7) is 2.88. The van der Waals surface area contributed by atoms with Crippen molar-refractivity contribution in [2.45, 2.75) is 25.8 Å². The number of piperidine rings is 1. The maximum absolute atomic E-state index is 13.3. The molecule has 1 aromatic carbocycles. The van der Waals surface area contributed by atoms with Crippen molar-refractivity contribution in [2.75, 3.05) is 24.5 Å². The summed E-state index contributed by atoms with van der Waals surface area (Å²) in [5.41, 5.74) is 1.31. The number of hydrogen-bond acceptors (Lipinski definition) is 5. The lowest BCUT2D eigenvalue weighted by Crippen LogP contribution is -2.47. The van der Waals surface area contributed by atoms with Crippen LogP contribution in [0, 0.1) is 5.82 Å². The van der Waals surface area contributed by atoms with Crippen LogP contribution in [0.15, 0.2) is 36.4 Å². The van der Waals surface area contributed by atoms with Crippen molar-refractivity contribution in [2.24, 2.45) is 0 Å². The van der Waals surface area contributed by atoms with Gasteiger partial charge in [-0.2, -0.15) is 0 Å². The lowest BCUT2D eigenvalue weighted by molar-refractivity contribution is -0.125. The molecule has 2 heterocycles. The Morgan fingerprint density at radius 3 is 2.59 bits per heavy atom. The summed E-state index contributed by atoms with van der Waals surface area (Å²) in [4.78, 5) is 24.7. The summed E-state index contributed by atoms with van der Waals surface area (Å²) in [7, 11) is 0. The van der Waals surface area contributed by atoms with Crippen LogP contribution in [0.25, 0.3) is 11.3 Å². The second-order valence-electron chi connectivity index (χ2n) is 6.53. The van der Waals surface area contributed by atoms with Gasteiger partial charge in [0.15, 0.2) is 5.82 Å². The molecule has 27 heavy (non-hydrogen) atoms. The van der Waals surface area contributed by atoms with Crippen molar-refractivity contribution >= 4 is 17.6 Å². The molecule has 1 fully saturated rings. The van der Waals surface area contributed by atoms with Crippen LogP contribution in [0.3, 0.4) is 0 Å². The minimum absolute atomic E-state index is 0.00255. The number of anilines is 1. The van der Waals surface area contributed by atoms with E-state index in [1.165, 1.54) is 19.1 Å². The molecule has 8 heteroatoms. The zero-order valence-electron chi connectivity index (χ0n) is 15.1. The van der Waals surface area contributed by atoms with Crippen LogP contribution < -0.4 is 15.5 Å². The number of aromatic nitrogens is 2. The molecule has 0 bridgehead atoms. The number of halogens is 1. The third-order valence-corrected chi connectivity index (χ3v) is 4.45. The molecular weight excluding hydrogens is 349 g/mol. The predicted molar refractivity (Wildman–Crippen MR) is 99.5 cm³/mol. The average Bonchev–Trinajstić information content (AvgIpc) is 2.67. The molecule has 0 saturated carbocycles. The maximum Gasteiger partial charge on any atom is 0.239 e. The third kappa shape index (κ3) is 5.22. The van der Waals surface area contributed by atoms with Gasteiger partial charge < -0.3 is 15.5 Å². The quantitative estimate of drug-likeness (QED) is 0.832. The Hall–Kier alpha value is -3.03. The second kappa shape index (κ2) is 8.57. The second-order valence-corrected chi connectivity index (χ2v) is 6.53. The largest absolute Gasteiger partial charge is 0.355 e. The van der Waals surface area contributed by atoms with Crippen LogP contribution >= 0.6 is 0 Å². The summed E-state index contributed by atoms with van der Waals surface area (Å²) in [6, 6.07) is 10.1. The first kappa shape index (κ1) is 18.8. The maximum atomic E-state index is 13.3. The van der Waals surface area contributed by atoms with E-state index in [2.05, 4.69) is 25.7 Å². The van der Waals surface area contributed by atoms with Crippen molar-refractivity contribution in [1.82, 2.24) is 20.8 Å². The zero-order chi connectivity index (χ0) is 19.2. The van der Waals surface area contributed by atoms with Gasteiger partial charge in [-0.25, -0.2) is 4.39 Å². The Labute approximate surface area is 157 Å². The van der Waals surface area contributed by atoms with E-state index in [0.717, 1.165) is 31.7 Å². The Morgan fingerprint density at radius 2 is 1.96 bits per heavy atom. The van der Waals surface area contributed by atoms with Gasteiger partial charge in [0.2, 0.25) is 11.8 Å². The van der Waals surface area contributed by atoms with E-state index in [0.29, 0.717) is 11.3 Å². The third-order valence-electron chi connectivity index (χ3n) is 4.45. The lowest BCUT2D eigenvalue weighted by atomic mass is 10.0. The monoisotopic (exact) mass is 371 g/mol. The number of benzene rings is 1. The minimum atomic E-state index is -0.305. The van der Waals surface area contributed by atoms with Gasteiger partial charge in [0.25, 0.3) is 0 Å².